The first kappa shape index (κ1) is 22.4. The highest BCUT2D eigenvalue weighted by atomic mass is 16.5. The number of aliphatic hydroxyl groups is 1. The summed E-state index contributed by atoms with van der Waals surface area (Å²) >= 11 is 0. The molecule has 4 rings (SSSR count). The van der Waals surface area contributed by atoms with Crippen LogP contribution in [0.1, 0.15) is 57.4 Å². The molecule has 2 aliphatic heterocycles. The second-order valence-corrected chi connectivity index (χ2v) is 9.21. The van der Waals surface area contributed by atoms with Gasteiger partial charge >= 0.3 is 6.09 Å². The van der Waals surface area contributed by atoms with Crippen molar-refractivity contribution in [3.63, 3.8) is 0 Å². The maximum atomic E-state index is 13.5. The fraction of sp³-hybridized carbons (Fsp3) is 0.625. The Morgan fingerprint density at radius 3 is 2.78 bits per heavy atom. The van der Waals surface area contributed by atoms with Crippen molar-refractivity contribution in [2.45, 2.75) is 64.0 Å². The molecule has 2 saturated heterocycles. The molecule has 1 aliphatic carbocycles. The Bertz CT molecular complexity index is 906. The summed E-state index contributed by atoms with van der Waals surface area (Å²) in [4.78, 5) is 29.5. The van der Waals surface area contributed by atoms with E-state index in [1.165, 1.54) is 0 Å². The summed E-state index contributed by atoms with van der Waals surface area (Å²) in [7, 11) is 0. The standard InChI is InChI=1S/C24H32N4O4/c1-2-32-23(31)26-18-4-9-21(17(14-18)15-25)27-12-3-10-24(16-27)11-13-28(22(24)30)19-5-7-20(29)8-6-19/h4,9,14,19-20,29H,2-3,5-8,10-13,16H2,1H3,(H,26,31)/t19?,20?,24-/m0/s1. The molecular formula is C24H32N4O4. The minimum atomic E-state index is -0.548. The van der Waals surface area contributed by atoms with Gasteiger partial charge in [-0.1, -0.05) is 0 Å². The van der Waals surface area contributed by atoms with E-state index in [4.69, 9.17) is 4.74 Å². The highest BCUT2D eigenvalue weighted by Crippen LogP contribution is 2.44. The summed E-state index contributed by atoms with van der Waals surface area (Å²) in [5, 5.41) is 22.2. The van der Waals surface area contributed by atoms with Crippen LogP contribution in [0.2, 0.25) is 0 Å². The molecule has 2 amide bonds. The molecule has 1 saturated carbocycles. The van der Waals surface area contributed by atoms with Crippen molar-refractivity contribution in [3.8, 4) is 6.07 Å². The third kappa shape index (κ3) is 4.40. The summed E-state index contributed by atoms with van der Waals surface area (Å²) < 4.78 is 4.91. The van der Waals surface area contributed by atoms with Gasteiger partial charge in [0.2, 0.25) is 5.91 Å². The van der Waals surface area contributed by atoms with E-state index in [9.17, 15) is 20.0 Å². The topological polar surface area (TPSA) is 106 Å². The molecule has 2 heterocycles. The van der Waals surface area contributed by atoms with E-state index in [0.717, 1.165) is 63.7 Å². The van der Waals surface area contributed by atoms with Crippen LogP contribution in [0.5, 0.6) is 0 Å². The summed E-state index contributed by atoms with van der Waals surface area (Å²) in [5.74, 6) is 0.239. The van der Waals surface area contributed by atoms with Crippen molar-refractivity contribution in [3.05, 3.63) is 23.8 Å². The Morgan fingerprint density at radius 2 is 2.06 bits per heavy atom. The van der Waals surface area contributed by atoms with Gasteiger partial charge in [0.15, 0.2) is 0 Å². The van der Waals surface area contributed by atoms with Gasteiger partial charge in [-0.25, -0.2) is 4.79 Å². The lowest BCUT2D eigenvalue weighted by molar-refractivity contribution is -0.139. The van der Waals surface area contributed by atoms with Crippen LogP contribution in [-0.2, 0) is 9.53 Å². The first-order chi connectivity index (χ1) is 15.5. The third-order valence-electron chi connectivity index (χ3n) is 7.21. The first-order valence-electron chi connectivity index (χ1n) is 11.7. The second kappa shape index (κ2) is 9.37. The van der Waals surface area contributed by atoms with Crippen molar-refractivity contribution in [2.24, 2.45) is 5.41 Å². The van der Waals surface area contributed by atoms with E-state index in [-0.39, 0.29) is 24.7 Å². The third-order valence-corrected chi connectivity index (χ3v) is 7.21. The minimum absolute atomic E-state index is 0.228. The van der Waals surface area contributed by atoms with Crippen LogP contribution in [0.4, 0.5) is 16.2 Å². The van der Waals surface area contributed by atoms with Crippen LogP contribution in [0.25, 0.3) is 0 Å². The summed E-state index contributed by atoms with van der Waals surface area (Å²) in [6.07, 6.45) is 5.12. The number of amides is 2. The van der Waals surface area contributed by atoms with Crippen LogP contribution < -0.4 is 10.2 Å². The zero-order chi connectivity index (χ0) is 22.7. The van der Waals surface area contributed by atoms with Crippen molar-refractivity contribution in [1.82, 2.24) is 4.90 Å². The minimum Gasteiger partial charge on any atom is -0.450 e. The maximum Gasteiger partial charge on any atom is 0.411 e. The summed E-state index contributed by atoms with van der Waals surface area (Å²) in [6.45, 7) is 4.19. The van der Waals surface area contributed by atoms with Gasteiger partial charge in [0, 0.05) is 31.4 Å². The highest BCUT2D eigenvalue weighted by molar-refractivity contribution is 5.87. The van der Waals surface area contributed by atoms with E-state index < -0.39 is 11.5 Å². The normalized spacial score (nSPS) is 28.0. The zero-order valence-electron chi connectivity index (χ0n) is 18.7. The Morgan fingerprint density at radius 1 is 1.28 bits per heavy atom. The van der Waals surface area contributed by atoms with Crippen LogP contribution in [0.15, 0.2) is 18.2 Å². The molecule has 0 radical (unpaired) electrons. The number of likely N-dealkylation sites (tertiary alicyclic amines) is 1. The number of carbonyl (C=O) groups is 2. The average Bonchev–Trinajstić information content (AvgIpc) is 3.09. The molecule has 3 aliphatic rings. The van der Waals surface area contributed by atoms with Gasteiger partial charge in [0.1, 0.15) is 6.07 Å². The quantitative estimate of drug-likeness (QED) is 0.745. The number of hydrogen-bond acceptors (Lipinski definition) is 6. The molecule has 8 nitrogen and oxygen atoms in total. The highest BCUT2D eigenvalue weighted by Gasteiger charge is 2.50. The molecule has 3 fully saturated rings. The number of nitriles is 1. The lowest BCUT2D eigenvalue weighted by Gasteiger charge is -2.41. The average molecular weight is 441 g/mol. The van der Waals surface area contributed by atoms with E-state index in [1.54, 1.807) is 19.1 Å². The van der Waals surface area contributed by atoms with Crippen molar-refractivity contribution >= 4 is 23.4 Å². The molecule has 1 aromatic rings. The molecular weight excluding hydrogens is 408 g/mol. The van der Waals surface area contributed by atoms with Crippen LogP contribution in [-0.4, -0.2) is 60.4 Å². The molecule has 0 unspecified atom stereocenters. The molecule has 0 bridgehead atoms. The van der Waals surface area contributed by atoms with Gasteiger partial charge in [0.05, 0.1) is 29.4 Å². The van der Waals surface area contributed by atoms with Crippen molar-refractivity contribution < 1.29 is 19.4 Å². The fourth-order valence-electron chi connectivity index (χ4n) is 5.55. The number of anilines is 2. The lowest BCUT2D eigenvalue weighted by Crippen LogP contribution is -2.50. The van der Waals surface area contributed by atoms with E-state index >= 15 is 0 Å². The maximum absolute atomic E-state index is 13.5. The molecule has 1 atom stereocenters. The molecule has 2 N–H and O–H groups in total. The Balaban J connectivity index is 1.49. The summed E-state index contributed by atoms with van der Waals surface area (Å²) in [5.41, 5.74) is 1.38. The largest absolute Gasteiger partial charge is 0.450 e. The van der Waals surface area contributed by atoms with E-state index in [2.05, 4.69) is 21.2 Å². The smallest absolute Gasteiger partial charge is 0.411 e. The SMILES string of the molecule is CCOC(=O)Nc1ccc(N2CCC[C@]3(CCN(C4CCC(O)CC4)C3=O)C2)c(C#N)c1. The zero-order valence-corrected chi connectivity index (χ0v) is 18.7. The van der Waals surface area contributed by atoms with E-state index in [0.29, 0.717) is 17.8 Å². The number of benzene rings is 1. The van der Waals surface area contributed by atoms with Gasteiger partial charge in [-0.2, -0.15) is 5.26 Å². The molecule has 1 aromatic carbocycles. The predicted octanol–water partition coefficient (Wildman–Crippen LogP) is 3.25. The summed E-state index contributed by atoms with van der Waals surface area (Å²) in [6, 6.07) is 7.75. The Labute approximate surface area is 189 Å². The number of ether oxygens (including phenoxy) is 1. The van der Waals surface area contributed by atoms with Crippen LogP contribution in [0.3, 0.4) is 0 Å². The fourth-order valence-corrected chi connectivity index (χ4v) is 5.55. The molecule has 32 heavy (non-hydrogen) atoms. The number of piperidine rings is 1. The van der Waals surface area contributed by atoms with Gasteiger partial charge in [0.25, 0.3) is 0 Å². The number of aliphatic hydroxyl groups excluding tert-OH is 1. The van der Waals surface area contributed by atoms with Crippen molar-refractivity contribution in [1.29, 1.82) is 5.26 Å². The van der Waals surface area contributed by atoms with Gasteiger partial charge < -0.3 is 19.6 Å². The van der Waals surface area contributed by atoms with Crippen molar-refractivity contribution in [2.75, 3.05) is 36.5 Å². The first-order valence-corrected chi connectivity index (χ1v) is 11.7. The van der Waals surface area contributed by atoms with Crippen LogP contribution in [0, 0.1) is 16.7 Å². The van der Waals surface area contributed by atoms with E-state index in [1.807, 2.05) is 6.07 Å². The number of hydrogen-bond donors (Lipinski definition) is 2. The Kier molecular flexibility index (Phi) is 6.56. The molecule has 172 valence electrons. The number of nitrogens with zero attached hydrogens (tertiary/aromatic N) is 3. The number of carbonyl (C=O) groups excluding carboxylic acids is 2. The molecule has 0 aromatic heterocycles. The van der Waals surface area contributed by atoms with Gasteiger partial charge in [-0.05, 0) is 70.1 Å². The Hall–Kier alpha value is -2.79. The van der Waals surface area contributed by atoms with Gasteiger partial charge in [-0.15, -0.1) is 0 Å². The molecule has 8 heteroatoms. The number of nitrogens with one attached hydrogen (secondary N) is 1. The predicted molar refractivity (Wildman–Crippen MR) is 120 cm³/mol. The lowest BCUT2D eigenvalue weighted by atomic mass is 9.78. The second-order valence-electron chi connectivity index (χ2n) is 9.21. The number of rotatable bonds is 4. The van der Waals surface area contributed by atoms with Gasteiger partial charge in [-0.3, -0.25) is 10.1 Å². The molecule has 1 spiro atoms. The van der Waals surface area contributed by atoms with Crippen LogP contribution >= 0.6 is 0 Å². The monoisotopic (exact) mass is 440 g/mol.